The van der Waals surface area contributed by atoms with Crippen molar-refractivity contribution in [2.45, 2.75) is 26.8 Å². The molecular formula is C14H26N4S. The summed E-state index contributed by atoms with van der Waals surface area (Å²) in [5.41, 5.74) is 1.22. The van der Waals surface area contributed by atoms with E-state index in [-0.39, 0.29) is 0 Å². The van der Waals surface area contributed by atoms with Crippen LogP contribution in [0.5, 0.6) is 0 Å². The smallest absolute Gasteiger partial charge is 0.0900 e. The predicted octanol–water partition coefficient (Wildman–Crippen LogP) is 1.66. The Hall–Kier alpha value is -0.490. The molecule has 1 fully saturated rings. The summed E-state index contributed by atoms with van der Waals surface area (Å²) in [6, 6.07) is 0.359. The average molecular weight is 282 g/mol. The molecule has 0 radical (unpaired) electrons. The summed E-state index contributed by atoms with van der Waals surface area (Å²) in [7, 11) is 2.20. The maximum absolute atomic E-state index is 4.62. The summed E-state index contributed by atoms with van der Waals surface area (Å²) in [4.78, 5) is 10.9. The standard InChI is InChI=1S/C14H26N4S/c1-11(14-12(2)19-13(3)16-14)15-5-6-18-9-7-17(4)8-10-18/h11,15H,5-10H2,1-4H3. The average Bonchev–Trinajstić information content (AvgIpc) is 2.71. The SMILES string of the molecule is Cc1nc(C(C)NCCN2CCN(C)CC2)c(C)s1. The van der Waals surface area contributed by atoms with Gasteiger partial charge >= 0.3 is 0 Å². The molecule has 4 nitrogen and oxygen atoms in total. The van der Waals surface area contributed by atoms with Crippen molar-refractivity contribution in [1.29, 1.82) is 0 Å². The largest absolute Gasteiger partial charge is 0.308 e. The van der Waals surface area contributed by atoms with Crippen LogP contribution in [0.3, 0.4) is 0 Å². The third-order valence-corrected chi connectivity index (χ3v) is 4.73. The molecular weight excluding hydrogens is 256 g/mol. The Morgan fingerprint density at radius 3 is 2.53 bits per heavy atom. The highest BCUT2D eigenvalue weighted by Crippen LogP contribution is 2.22. The summed E-state index contributed by atoms with van der Waals surface area (Å²) in [6.07, 6.45) is 0. The highest BCUT2D eigenvalue weighted by Gasteiger charge is 2.15. The minimum atomic E-state index is 0.359. The molecule has 19 heavy (non-hydrogen) atoms. The Bertz CT molecular complexity index is 396. The van der Waals surface area contributed by atoms with Gasteiger partial charge in [0.25, 0.3) is 0 Å². The summed E-state index contributed by atoms with van der Waals surface area (Å²) < 4.78 is 0. The monoisotopic (exact) mass is 282 g/mol. The zero-order valence-corrected chi connectivity index (χ0v) is 13.4. The molecule has 1 aromatic rings. The minimum Gasteiger partial charge on any atom is -0.308 e. The quantitative estimate of drug-likeness (QED) is 0.890. The van der Waals surface area contributed by atoms with Gasteiger partial charge in [0.05, 0.1) is 10.7 Å². The molecule has 0 aromatic carbocycles. The molecule has 1 atom stereocenters. The predicted molar refractivity (Wildman–Crippen MR) is 81.9 cm³/mol. The van der Waals surface area contributed by atoms with E-state index in [1.165, 1.54) is 41.8 Å². The van der Waals surface area contributed by atoms with Crippen LogP contribution in [-0.4, -0.2) is 61.1 Å². The Morgan fingerprint density at radius 1 is 1.26 bits per heavy atom. The Balaban J connectivity index is 1.72. The van der Waals surface area contributed by atoms with E-state index >= 15 is 0 Å². The zero-order chi connectivity index (χ0) is 13.8. The van der Waals surface area contributed by atoms with Crippen LogP contribution in [0, 0.1) is 13.8 Å². The van der Waals surface area contributed by atoms with E-state index in [4.69, 9.17) is 0 Å². The van der Waals surface area contributed by atoms with Gasteiger partial charge < -0.3 is 10.2 Å². The van der Waals surface area contributed by atoms with Gasteiger partial charge in [-0.05, 0) is 27.8 Å². The normalized spacial score (nSPS) is 19.8. The fourth-order valence-corrected chi connectivity index (χ4v) is 3.47. The third-order valence-electron chi connectivity index (χ3n) is 3.82. The molecule has 1 aromatic heterocycles. The topological polar surface area (TPSA) is 31.4 Å². The Kier molecular flexibility index (Phi) is 5.33. The molecule has 0 saturated carbocycles. The summed E-state index contributed by atoms with van der Waals surface area (Å²) in [6.45, 7) is 13.4. The Morgan fingerprint density at radius 2 is 1.95 bits per heavy atom. The summed E-state index contributed by atoms with van der Waals surface area (Å²) in [5.74, 6) is 0. The fraction of sp³-hybridized carbons (Fsp3) is 0.786. The molecule has 5 heteroatoms. The van der Waals surface area contributed by atoms with Gasteiger partial charge in [0.2, 0.25) is 0 Å². The number of hydrogen-bond acceptors (Lipinski definition) is 5. The molecule has 1 aliphatic heterocycles. The lowest BCUT2D eigenvalue weighted by molar-refractivity contribution is 0.154. The third kappa shape index (κ3) is 4.24. The van der Waals surface area contributed by atoms with Crippen molar-refractivity contribution >= 4 is 11.3 Å². The molecule has 1 N–H and O–H groups in total. The highest BCUT2D eigenvalue weighted by molar-refractivity contribution is 7.11. The summed E-state index contributed by atoms with van der Waals surface area (Å²) in [5, 5.41) is 4.77. The molecule has 0 spiro atoms. The molecule has 108 valence electrons. The van der Waals surface area contributed by atoms with Crippen molar-refractivity contribution < 1.29 is 0 Å². The van der Waals surface area contributed by atoms with Crippen molar-refractivity contribution in [2.24, 2.45) is 0 Å². The van der Waals surface area contributed by atoms with Crippen molar-refractivity contribution in [3.05, 3.63) is 15.6 Å². The molecule has 1 saturated heterocycles. The fourth-order valence-electron chi connectivity index (χ4n) is 2.55. The number of likely N-dealkylation sites (N-methyl/N-ethyl adjacent to an activating group) is 1. The number of hydrogen-bond donors (Lipinski definition) is 1. The first-order chi connectivity index (χ1) is 9.06. The van der Waals surface area contributed by atoms with Gasteiger partial charge in [0.1, 0.15) is 0 Å². The van der Waals surface area contributed by atoms with E-state index in [1.807, 2.05) is 0 Å². The van der Waals surface area contributed by atoms with Crippen LogP contribution < -0.4 is 5.32 Å². The number of piperazine rings is 1. The van der Waals surface area contributed by atoms with Gasteiger partial charge in [-0.25, -0.2) is 4.98 Å². The second kappa shape index (κ2) is 6.79. The first-order valence-corrected chi connectivity index (χ1v) is 7.96. The van der Waals surface area contributed by atoms with Gasteiger partial charge in [-0.2, -0.15) is 0 Å². The van der Waals surface area contributed by atoms with Crippen molar-refractivity contribution in [3.63, 3.8) is 0 Å². The second-order valence-electron chi connectivity index (χ2n) is 5.50. The van der Waals surface area contributed by atoms with E-state index in [0.717, 1.165) is 13.1 Å². The molecule has 2 rings (SSSR count). The lowest BCUT2D eigenvalue weighted by Gasteiger charge is -2.32. The van der Waals surface area contributed by atoms with Crippen LogP contribution in [0.2, 0.25) is 0 Å². The minimum absolute atomic E-state index is 0.359. The van der Waals surface area contributed by atoms with E-state index < -0.39 is 0 Å². The zero-order valence-electron chi connectivity index (χ0n) is 12.6. The second-order valence-corrected chi connectivity index (χ2v) is 6.90. The summed E-state index contributed by atoms with van der Waals surface area (Å²) >= 11 is 1.79. The number of aryl methyl sites for hydroxylation is 2. The van der Waals surface area contributed by atoms with E-state index in [2.05, 4.69) is 47.9 Å². The maximum Gasteiger partial charge on any atom is 0.0900 e. The van der Waals surface area contributed by atoms with Crippen LogP contribution in [0.15, 0.2) is 0 Å². The number of aromatic nitrogens is 1. The number of nitrogens with one attached hydrogen (secondary N) is 1. The number of rotatable bonds is 5. The van der Waals surface area contributed by atoms with Gasteiger partial charge in [-0.15, -0.1) is 11.3 Å². The van der Waals surface area contributed by atoms with E-state index in [1.54, 1.807) is 11.3 Å². The maximum atomic E-state index is 4.62. The van der Waals surface area contributed by atoms with Gasteiger partial charge in [-0.1, -0.05) is 0 Å². The lowest BCUT2D eigenvalue weighted by Crippen LogP contribution is -2.46. The molecule has 0 aliphatic carbocycles. The molecule has 2 heterocycles. The number of thiazole rings is 1. The van der Waals surface area contributed by atoms with Crippen LogP contribution in [0.1, 0.15) is 28.5 Å². The van der Waals surface area contributed by atoms with Crippen LogP contribution in [-0.2, 0) is 0 Å². The molecule has 1 unspecified atom stereocenters. The number of nitrogens with zero attached hydrogens (tertiary/aromatic N) is 3. The first kappa shape index (κ1) is 14.9. The Labute approximate surface area is 120 Å². The van der Waals surface area contributed by atoms with E-state index in [9.17, 15) is 0 Å². The van der Waals surface area contributed by atoms with Crippen LogP contribution in [0.25, 0.3) is 0 Å². The molecule has 0 bridgehead atoms. The van der Waals surface area contributed by atoms with Crippen LogP contribution in [0.4, 0.5) is 0 Å². The van der Waals surface area contributed by atoms with Gasteiger partial charge in [0, 0.05) is 50.2 Å². The van der Waals surface area contributed by atoms with Gasteiger partial charge in [0.15, 0.2) is 0 Å². The van der Waals surface area contributed by atoms with Crippen LogP contribution >= 0.6 is 11.3 Å². The van der Waals surface area contributed by atoms with Crippen molar-refractivity contribution in [3.8, 4) is 0 Å². The lowest BCUT2D eigenvalue weighted by atomic mass is 10.2. The molecule has 0 amide bonds. The van der Waals surface area contributed by atoms with E-state index in [0.29, 0.717) is 6.04 Å². The highest BCUT2D eigenvalue weighted by atomic mass is 32.1. The van der Waals surface area contributed by atoms with Crippen molar-refractivity contribution in [2.75, 3.05) is 46.3 Å². The van der Waals surface area contributed by atoms with Gasteiger partial charge in [-0.3, -0.25) is 4.90 Å². The molecule has 1 aliphatic rings. The first-order valence-electron chi connectivity index (χ1n) is 7.14. The van der Waals surface area contributed by atoms with Crippen molar-refractivity contribution in [1.82, 2.24) is 20.1 Å².